The number of hydrogen-bond donors (Lipinski definition) is 2. The molecule has 2 aliphatic heterocycles. The van der Waals surface area contributed by atoms with Gasteiger partial charge in [0.25, 0.3) is 0 Å². The van der Waals surface area contributed by atoms with Gasteiger partial charge in [0.2, 0.25) is 12.7 Å². The van der Waals surface area contributed by atoms with Gasteiger partial charge in [-0.1, -0.05) is 51.1 Å². The summed E-state index contributed by atoms with van der Waals surface area (Å²) in [6.45, 7) is 7.18. The Balaban J connectivity index is 1.53. The van der Waals surface area contributed by atoms with E-state index >= 15 is 0 Å². The smallest absolute Gasteiger partial charge is 0.493 e. The van der Waals surface area contributed by atoms with Crippen LogP contribution < -0.4 is 24.3 Å². The van der Waals surface area contributed by atoms with Gasteiger partial charge in [0.15, 0.2) is 23.0 Å². The molecule has 1 saturated heterocycles. The van der Waals surface area contributed by atoms with Crippen molar-refractivity contribution in [2.24, 2.45) is 0 Å². The lowest BCUT2D eigenvalue weighted by Crippen LogP contribution is -2.36. The Bertz CT molecular complexity index is 1470. The van der Waals surface area contributed by atoms with Gasteiger partial charge in [-0.15, -0.1) is 0 Å². The Morgan fingerprint density at radius 3 is 2.36 bits per heavy atom. The molecule has 0 aliphatic carbocycles. The highest BCUT2D eigenvalue weighted by molar-refractivity contribution is 5.94. The fraction of sp³-hybridized carbons (Fsp3) is 0.412. The summed E-state index contributed by atoms with van der Waals surface area (Å²) >= 11 is 0. The van der Waals surface area contributed by atoms with Crippen molar-refractivity contribution < 1.29 is 38.4 Å². The van der Waals surface area contributed by atoms with Crippen molar-refractivity contribution >= 4 is 17.7 Å². The molecule has 10 heteroatoms. The van der Waals surface area contributed by atoms with E-state index in [4.69, 9.17) is 23.7 Å². The van der Waals surface area contributed by atoms with E-state index in [1.165, 1.54) is 0 Å². The average molecular weight is 605 g/mol. The normalized spacial score (nSPS) is 19.0. The van der Waals surface area contributed by atoms with Crippen molar-refractivity contribution in [3.8, 4) is 23.0 Å². The zero-order valence-corrected chi connectivity index (χ0v) is 25.6. The van der Waals surface area contributed by atoms with Gasteiger partial charge in [0, 0.05) is 18.2 Å². The second kappa shape index (κ2) is 13.9. The lowest BCUT2D eigenvalue weighted by molar-refractivity contribution is -0.117. The van der Waals surface area contributed by atoms with Crippen LogP contribution >= 0.6 is 0 Å². The molecule has 0 unspecified atom stereocenters. The number of nitrogens with zero attached hydrogens (tertiary/aromatic N) is 1. The lowest BCUT2D eigenvalue weighted by Gasteiger charge is -2.28. The Morgan fingerprint density at radius 2 is 1.68 bits per heavy atom. The van der Waals surface area contributed by atoms with Crippen molar-refractivity contribution in [3.63, 3.8) is 0 Å². The zero-order valence-electron chi connectivity index (χ0n) is 25.6. The molecular weight excluding hydrogens is 564 g/mol. The van der Waals surface area contributed by atoms with Gasteiger partial charge < -0.3 is 34.1 Å². The van der Waals surface area contributed by atoms with Crippen LogP contribution in [-0.2, 0) is 22.4 Å². The molecule has 234 valence electrons. The van der Waals surface area contributed by atoms with E-state index in [0.29, 0.717) is 36.1 Å². The van der Waals surface area contributed by atoms with Crippen LogP contribution in [0.3, 0.4) is 0 Å². The van der Waals surface area contributed by atoms with Crippen molar-refractivity contribution in [2.45, 2.75) is 58.1 Å². The number of para-hydroxylation sites is 1. The summed E-state index contributed by atoms with van der Waals surface area (Å²) < 4.78 is 28.3. The Kier molecular flexibility index (Phi) is 9.79. The number of benzene rings is 3. The number of nitrogens with one attached hydrogen (secondary N) is 1. The molecule has 3 aromatic carbocycles. The van der Waals surface area contributed by atoms with E-state index in [2.05, 4.69) is 19.2 Å². The fourth-order valence-corrected chi connectivity index (χ4v) is 6.13. The summed E-state index contributed by atoms with van der Waals surface area (Å²) in [4.78, 5) is 27.8. The molecule has 3 aromatic rings. The van der Waals surface area contributed by atoms with Crippen LogP contribution in [0, 0.1) is 0 Å². The van der Waals surface area contributed by atoms with Gasteiger partial charge in [-0.25, -0.2) is 4.79 Å². The van der Waals surface area contributed by atoms with Crippen LogP contribution in [0.5, 0.6) is 23.0 Å². The average Bonchev–Trinajstić information content (AvgIpc) is 3.63. The van der Waals surface area contributed by atoms with Crippen LogP contribution in [0.25, 0.3) is 0 Å². The lowest BCUT2D eigenvalue weighted by atomic mass is 9.90. The van der Waals surface area contributed by atoms with E-state index in [1.807, 2.05) is 66.4 Å². The van der Waals surface area contributed by atoms with Gasteiger partial charge >= 0.3 is 6.16 Å². The molecule has 44 heavy (non-hydrogen) atoms. The topological polar surface area (TPSA) is 116 Å². The molecule has 1 amide bonds. The molecule has 1 fully saturated rings. The summed E-state index contributed by atoms with van der Waals surface area (Å²) in [5.74, 6) is 1.74. The van der Waals surface area contributed by atoms with E-state index in [9.17, 15) is 14.7 Å². The summed E-state index contributed by atoms with van der Waals surface area (Å²) in [6, 6.07) is 16.6. The quantitative estimate of drug-likeness (QED) is 0.234. The number of hydrogen-bond acceptors (Lipinski definition) is 8. The maximum absolute atomic E-state index is 13.7. The molecule has 3 atom stereocenters. The van der Waals surface area contributed by atoms with E-state index in [0.717, 1.165) is 47.2 Å². The first-order chi connectivity index (χ1) is 21.4. The first-order valence-corrected chi connectivity index (χ1v) is 15.1. The second-order valence-corrected chi connectivity index (χ2v) is 10.9. The number of carboxylic acid groups (broad SMARTS) is 1. The maximum Gasteiger partial charge on any atom is 0.506 e. The van der Waals surface area contributed by atoms with Crippen LogP contribution in [0.1, 0.15) is 61.4 Å². The number of rotatable bonds is 12. The molecule has 2 heterocycles. The third-order valence-electron chi connectivity index (χ3n) is 8.19. The molecule has 0 spiro atoms. The highest BCUT2D eigenvalue weighted by Gasteiger charge is 2.47. The minimum absolute atomic E-state index is 0.0167. The van der Waals surface area contributed by atoms with Crippen molar-refractivity contribution in [2.75, 3.05) is 38.9 Å². The third-order valence-corrected chi connectivity index (χ3v) is 8.19. The number of ether oxygens (including phenoxy) is 5. The summed E-state index contributed by atoms with van der Waals surface area (Å²) in [7, 11) is 1.56. The van der Waals surface area contributed by atoms with E-state index in [1.54, 1.807) is 7.11 Å². The largest absolute Gasteiger partial charge is 0.506 e. The monoisotopic (exact) mass is 604 g/mol. The number of methoxy groups -OCH3 is 1. The molecule has 0 bridgehead atoms. The predicted molar refractivity (Wildman–Crippen MR) is 165 cm³/mol. The highest BCUT2D eigenvalue weighted by Crippen LogP contribution is 2.46. The van der Waals surface area contributed by atoms with E-state index < -0.39 is 24.2 Å². The molecule has 5 rings (SSSR count). The van der Waals surface area contributed by atoms with E-state index in [-0.39, 0.29) is 19.2 Å². The minimum atomic E-state index is -1.39. The number of carbonyl (C=O) groups is 2. The van der Waals surface area contributed by atoms with Gasteiger partial charge in [0.05, 0.1) is 26.3 Å². The summed E-state index contributed by atoms with van der Waals surface area (Å²) in [5.41, 5.74) is 4.54. The first-order valence-electron chi connectivity index (χ1n) is 15.1. The Hall–Kier alpha value is -4.44. The van der Waals surface area contributed by atoms with Gasteiger partial charge in [0.1, 0.15) is 6.10 Å². The maximum atomic E-state index is 13.7. The number of carbonyl (C=O) groups excluding carboxylic acids is 1. The number of fused-ring (bicyclic) bond motifs is 1. The SMILES string of the molecule is CCCOc1ccc([C@@H]2[C@@H](OC(=O)O)[C@@H](c3ccc4c(c3)OCO4)CN2CC(=O)Nc2c(CC)cccc2CC)cc1OC. The number of aryl methyl sites for hydroxylation is 2. The van der Waals surface area contributed by atoms with Crippen molar-refractivity contribution in [3.05, 3.63) is 76.9 Å². The van der Waals surface area contributed by atoms with Gasteiger partial charge in [-0.05, 0) is 65.8 Å². The minimum Gasteiger partial charge on any atom is -0.493 e. The Morgan fingerprint density at radius 1 is 0.955 bits per heavy atom. The zero-order chi connectivity index (χ0) is 31.2. The van der Waals surface area contributed by atoms with Crippen molar-refractivity contribution in [1.29, 1.82) is 0 Å². The molecule has 2 N–H and O–H groups in total. The van der Waals surface area contributed by atoms with Crippen molar-refractivity contribution in [1.82, 2.24) is 4.90 Å². The summed E-state index contributed by atoms with van der Waals surface area (Å²) in [5, 5.41) is 13.0. The molecule has 0 radical (unpaired) electrons. The Labute approximate surface area is 257 Å². The third kappa shape index (κ3) is 6.55. The molecule has 10 nitrogen and oxygen atoms in total. The van der Waals surface area contributed by atoms with Crippen LogP contribution in [0.4, 0.5) is 10.5 Å². The molecular formula is C34H40N2O8. The molecule has 0 aromatic heterocycles. The number of anilines is 1. The molecule has 2 aliphatic rings. The molecule has 0 saturated carbocycles. The van der Waals surface area contributed by atoms with Crippen LogP contribution in [0.2, 0.25) is 0 Å². The highest BCUT2D eigenvalue weighted by atomic mass is 16.7. The standard InChI is InChI=1S/C34H40N2O8/c1-5-15-41-26-14-12-24(17-28(26)40-4)32-33(44-34(38)39)25(23-11-13-27-29(16-23)43-20-42-27)18-36(32)19-30(37)35-31-21(6-2)9-8-10-22(31)7-3/h8-14,16-17,25,32-33H,5-7,15,18-20H2,1-4H3,(H,35,37)(H,38,39)/t25-,32-,33+/m1/s1. The van der Waals surface area contributed by atoms with Gasteiger partial charge in [-0.3, -0.25) is 9.69 Å². The fourth-order valence-electron chi connectivity index (χ4n) is 6.13. The van der Waals surface area contributed by atoms with Gasteiger partial charge in [-0.2, -0.15) is 0 Å². The van der Waals surface area contributed by atoms with Crippen LogP contribution in [-0.4, -0.2) is 61.8 Å². The first kappa shape index (κ1) is 31.0. The summed E-state index contributed by atoms with van der Waals surface area (Å²) in [6.07, 6.45) is 0.174. The predicted octanol–water partition coefficient (Wildman–Crippen LogP) is 6.18. The number of likely N-dealkylation sites (tertiary alicyclic amines) is 1. The van der Waals surface area contributed by atoms with Crippen LogP contribution in [0.15, 0.2) is 54.6 Å². The number of amides is 1. The second-order valence-electron chi connectivity index (χ2n) is 10.9.